The largest absolute Gasteiger partial charge is 0.496 e. The third kappa shape index (κ3) is 4.96. The Morgan fingerprint density at radius 3 is 2.47 bits per heavy atom. The molecule has 1 N–H and O–H groups in total. The molecule has 156 valence electrons. The summed E-state index contributed by atoms with van der Waals surface area (Å²) in [5.41, 5.74) is 3.28. The van der Waals surface area contributed by atoms with E-state index in [1.54, 1.807) is 30.6 Å². The maximum Gasteiger partial charge on any atom is 0.323 e. The molecule has 0 saturated carbocycles. The van der Waals surface area contributed by atoms with Crippen LogP contribution in [0.1, 0.15) is 15.9 Å². The number of anilines is 1. The van der Waals surface area contributed by atoms with Crippen molar-refractivity contribution in [1.82, 2.24) is 9.88 Å². The number of aromatic nitrogens is 1. The highest BCUT2D eigenvalue weighted by Gasteiger charge is 2.15. The van der Waals surface area contributed by atoms with Gasteiger partial charge in [0.15, 0.2) is 5.13 Å². The van der Waals surface area contributed by atoms with Crippen molar-refractivity contribution in [3.63, 3.8) is 0 Å². The number of thiazole rings is 1. The second kappa shape index (κ2) is 9.41. The third-order valence-electron chi connectivity index (χ3n) is 4.54. The summed E-state index contributed by atoms with van der Waals surface area (Å²) in [5, 5.41) is 11.7. The van der Waals surface area contributed by atoms with Crippen LogP contribution in [0.4, 0.5) is 5.13 Å². The van der Waals surface area contributed by atoms with Crippen LogP contribution >= 0.6 is 11.3 Å². The van der Waals surface area contributed by atoms with Crippen molar-refractivity contribution in [2.75, 3.05) is 32.6 Å². The average molecular weight is 426 g/mol. The van der Waals surface area contributed by atoms with Gasteiger partial charge in [-0.3, -0.25) is 9.59 Å². The fourth-order valence-corrected chi connectivity index (χ4v) is 3.80. The van der Waals surface area contributed by atoms with Crippen molar-refractivity contribution < 1.29 is 19.4 Å². The molecule has 0 atom stereocenters. The first-order valence-electron chi connectivity index (χ1n) is 9.25. The monoisotopic (exact) mass is 425 g/mol. The summed E-state index contributed by atoms with van der Waals surface area (Å²) >= 11 is 1.55. The standard InChI is InChI=1S/C22H23N3O4S/c1-24(13-20(26)27)21(28)16-10-8-15(9-11-16)12-25(2)22-23-18(14-30-22)17-6-4-5-7-19(17)29-3/h4-11,14H,12-13H2,1-3H3,(H,26,27). The van der Waals surface area contributed by atoms with Crippen molar-refractivity contribution in [2.24, 2.45) is 0 Å². The number of carbonyl (C=O) groups excluding carboxylic acids is 1. The van der Waals surface area contributed by atoms with E-state index in [9.17, 15) is 9.59 Å². The molecule has 3 rings (SSSR count). The minimum Gasteiger partial charge on any atom is -0.496 e. The molecule has 7 nitrogen and oxygen atoms in total. The molecule has 1 aromatic heterocycles. The highest BCUT2D eigenvalue weighted by atomic mass is 32.1. The molecular weight excluding hydrogens is 402 g/mol. The molecule has 1 heterocycles. The van der Waals surface area contributed by atoms with Gasteiger partial charge in [0.25, 0.3) is 5.91 Å². The lowest BCUT2D eigenvalue weighted by atomic mass is 10.1. The van der Waals surface area contributed by atoms with Crippen molar-refractivity contribution >= 4 is 28.3 Å². The lowest BCUT2D eigenvalue weighted by Crippen LogP contribution is -2.31. The van der Waals surface area contributed by atoms with Gasteiger partial charge in [-0.05, 0) is 29.8 Å². The fourth-order valence-electron chi connectivity index (χ4n) is 3.01. The molecule has 1 amide bonds. The van der Waals surface area contributed by atoms with E-state index >= 15 is 0 Å². The SMILES string of the molecule is COc1ccccc1-c1csc(N(C)Cc2ccc(C(=O)N(C)CC(=O)O)cc2)n1. The normalized spacial score (nSPS) is 10.5. The number of hydrogen-bond acceptors (Lipinski definition) is 6. The molecule has 0 unspecified atom stereocenters. The number of benzene rings is 2. The molecule has 0 radical (unpaired) electrons. The molecule has 0 aliphatic carbocycles. The van der Waals surface area contributed by atoms with Crippen LogP contribution in [0.2, 0.25) is 0 Å². The smallest absolute Gasteiger partial charge is 0.323 e. The number of carbonyl (C=O) groups is 2. The van der Waals surface area contributed by atoms with E-state index in [1.807, 2.05) is 53.7 Å². The highest BCUT2D eigenvalue weighted by Crippen LogP contribution is 2.33. The second-order valence-electron chi connectivity index (χ2n) is 6.82. The van der Waals surface area contributed by atoms with Gasteiger partial charge in [-0.15, -0.1) is 11.3 Å². The second-order valence-corrected chi connectivity index (χ2v) is 7.66. The van der Waals surface area contributed by atoms with E-state index in [1.165, 1.54) is 11.9 Å². The van der Waals surface area contributed by atoms with Crippen LogP contribution in [0.15, 0.2) is 53.9 Å². The van der Waals surface area contributed by atoms with Gasteiger partial charge in [0.1, 0.15) is 12.3 Å². The summed E-state index contributed by atoms with van der Waals surface area (Å²) in [4.78, 5) is 31.0. The maximum absolute atomic E-state index is 12.3. The molecule has 0 aliphatic heterocycles. The lowest BCUT2D eigenvalue weighted by Gasteiger charge is -2.17. The number of amides is 1. The summed E-state index contributed by atoms with van der Waals surface area (Å²) < 4.78 is 5.42. The Bertz CT molecular complexity index is 1030. The molecule has 0 spiro atoms. The van der Waals surface area contributed by atoms with Crippen LogP contribution in [0.25, 0.3) is 11.3 Å². The van der Waals surface area contributed by atoms with Crippen LogP contribution in [-0.4, -0.2) is 54.6 Å². The molecular formula is C22H23N3O4S. The number of carboxylic acid groups (broad SMARTS) is 1. The summed E-state index contributed by atoms with van der Waals surface area (Å²) in [6.45, 7) is 0.292. The molecule has 0 fully saturated rings. The summed E-state index contributed by atoms with van der Waals surface area (Å²) in [7, 11) is 5.08. The van der Waals surface area contributed by atoms with Gasteiger partial charge in [0.2, 0.25) is 0 Å². The average Bonchev–Trinajstić information content (AvgIpc) is 3.23. The Morgan fingerprint density at radius 1 is 1.10 bits per heavy atom. The number of rotatable bonds is 8. The van der Waals surface area contributed by atoms with Gasteiger partial charge in [0.05, 0.1) is 12.8 Å². The first-order valence-corrected chi connectivity index (χ1v) is 10.1. The van der Waals surface area contributed by atoms with Crippen molar-refractivity contribution in [2.45, 2.75) is 6.54 Å². The number of likely N-dealkylation sites (N-methyl/N-ethyl adjacent to an activating group) is 1. The van der Waals surface area contributed by atoms with Gasteiger partial charge in [-0.25, -0.2) is 4.98 Å². The summed E-state index contributed by atoms with van der Waals surface area (Å²) in [5.74, 6) is -0.580. The Hall–Kier alpha value is -3.39. The molecule has 30 heavy (non-hydrogen) atoms. The highest BCUT2D eigenvalue weighted by molar-refractivity contribution is 7.14. The zero-order valence-corrected chi connectivity index (χ0v) is 17.8. The minimum absolute atomic E-state index is 0.321. The lowest BCUT2D eigenvalue weighted by molar-refractivity contribution is -0.137. The molecule has 2 aromatic carbocycles. The van der Waals surface area contributed by atoms with Crippen molar-refractivity contribution in [3.8, 4) is 17.0 Å². The van der Waals surface area contributed by atoms with Gasteiger partial charge < -0.3 is 19.6 Å². The molecule has 0 aliphatic rings. The number of aliphatic carboxylic acids is 1. The van der Waals surface area contributed by atoms with Gasteiger partial charge in [-0.1, -0.05) is 24.3 Å². The number of nitrogens with zero attached hydrogens (tertiary/aromatic N) is 3. The maximum atomic E-state index is 12.3. The van der Waals surface area contributed by atoms with Gasteiger partial charge in [0, 0.05) is 37.1 Å². The van der Waals surface area contributed by atoms with E-state index in [-0.39, 0.29) is 12.5 Å². The molecule has 8 heteroatoms. The zero-order valence-electron chi connectivity index (χ0n) is 17.0. The predicted octanol–water partition coefficient (Wildman–Crippen LogP) is 3.61. The number of hydrogen-bond donors (Lipinski definition) is 1. The van der Waals surface area contributed by atoms with E-state index in [4.69, 9.17) is 14.8 Å². The predicted molar refractivity (Wildman–Crippen MR) is 117 cm³/mol. The fraction of sp³-hybridized carbons (Fsp3) is 0.227. The number of para-hydroxylation sites is 1. The number of methoxy groups -OCH3 is 1. The van der Waals surface area contributed by atoms with Crippen LogP contribution in [0.5, 0.6) is 5.75 Å². The van der Waals surface area contributed by atoms with E-state index < -0.39 is 5.97 Å². The number of carboxylic acids is 1. The Morgan fingerprint density at radius 2 is 1.80 bits per heavy atom. The van der Waals surface area contributed by atoms with Crippen LogP contribution in [0, 0.1) is 0 Å². The summed E-state index contributed by atoms with van der Waals surface area (Å²) in [6, 6.07) is 14.9. The molecule has 0 bridgehead atoms. The topological polar surface area (TPSA) is 83.0 Å². The quantitative estimate of drug-likeness (QED) is 0.594. The first-order chi connectivity index (χ1) is 14.4. The van der Waals surface area contributed by atoms with E-state index in [2.05, 4.69) is 0 Å². The van der Waals surface area contributed by atoms with E-state index in [0.29, 0.717) is 12.1 Å². The first kappa shape index (κ1) is 21.3. The Balaban J connectivity index is 1.68. The number of ether oxygens (including phenoxy) is 1. The molecule has 3 aromatic rings. The summed E-state index contributed by atoms with van der Waals surface area (Å²) in [6.07, 6.45) is 0. The van der Waals surface area contributed by atoms with Gasteiger partial charge >= 0.3 is 5.97 Å². The third-order valence-corrected chi connectivity index (χ3v) is 5.50. The Kier molecular flexibility index (Phi) is 6.68. The van der Waals surface area contributed by atoms with Crippen molar-refractivity contribution in [1.29, 1.82) is 0 Å². The molecule has 0 saturated heterocycles. The minimum atomic E-state index is -1.04. The van der Waals surface area contributed by atoms with Crippen LogP contribution < -0.4 is 9.64 Å². The zero-order chi connectivity index (χ0) is 21.7. The Labute approximate surface area is 179 Å². The van der Waals surface area contributed by atoms with Gasteiger partial charge in [-0.2, -0.15) is 0 Å². The van der Waals surface area contributed by atoms with Crippen molar-refractivity contribution in [3.05, 3.63) is 65.0 Å². The van der Waals surface area contributed by atoms with E-state index in [0.717, 1.165) is 27.7 Å². The van der Waals surface area contributed by atoms with Crippen LogP contribution in [0.3, 0.4) is 0 Å². The van der Waals surface area contributed by atoms with Crippen LogP contribution in [-0.2, 0) is 11.3 Å².